The molecule has 2 aromatic heterocycles. The van der Waals surface area contributed by atoms with Crippen LogP contribution < -0.4 is 5.56 Å². The summed E-state index contributed by atoms with van der Waals surface area (Å²) in [6, 6.07) is 9.47. The molecule has 3 aromatic rings. The molecule has 25 heavy (non-hydrogen) atoms. The smallest absolute Gasteiger partial charge is 0.336 e. The van der Waals surface area contributed by atoms with Crippen molar-refractivity contribution in [2.45, 2.75) is 10.8 Å². The average Bonchev–Trinajstić information content (AvgIpc) is 3.13. The molecule has 0 fully saturated rings. The number of aromatic carboxylic acids is 1. The second-order valence-corrected chi connectivity index (χ2v) is 5.82. The van der Waals surface area contributed by atoms with Crippen LogP contribution in [0.2, 0.25) is 0 Å². The number of rotatable bonds is 5. The number of nitrogens with zero attached hydrogens (tertiary/aromatic N) is 4. The number of hydrogen-bond donors (Lipinski definition) is 3. The fourth-order valence-electron chi connectivity index (χ4n) is 2.25. The third-order valence-corrected chi connectivity index (χ3v) is 4.30. The van der Waals surface area contributed by atoms with Crippen molar-refractivity contribution in [2.75, 3.05) is 0 Å². The van der Waals surface area contributed by atoms with Crippen LogP contribution in [0.25, 0.3) is 11.1 Å². The zero-order valence-electron chi connectivity index (χ0n) is 12.6. The topological polar surface area (TPSA) is 148 Å². The Bertz CT molecular complexity index is 1020. The molecule has 0 saturated carbocycles. The number of hydrogen-bond acceptors (Lipinski definition) is 7. The number of carboxylic acids is 1. The SMILES string of the molecule is N#Cc1c(-c2ccccc2C(=O)O)cc(=O)[nH]c1SCc1nn[nH]n1. The molecule has 0 aliphatic rings. The summed E-state index contributed by atoms with van der Waals surface area (Å²) < 4.78 is 0. The van der Waals surface area contributed by atoms with Gasteiger partial charge in [0.2, 0.25) is 5.56 Å². The molecule has 10 heteroatoms. The molecule has 0 unspecified atom stereocenters. The number of thioether (sulfide) groups is 1. The number of nitrogens with one attached hydrogen (secondary N) is 2. The number of pyridine rings is 1. The number of tetrazole rings is 1. The number of benzene rings is 1. The van der Waals surface area contributed by atoms with Crippen molar-refractivity contribution in [3.8, 4) is 17.2 Å². The van der Waals surface area contributed by atoms with Gasteiger partial charge in [-0.25, -0.2) is 4.79 Å². The van der Waals surface area contributed by atoms with E-state index < -0.39 is 11.5 Å². The van der Waals surface area contributed by atoms with Gasteiger partial charge in [-0.15, -0.1) is 10.2 Å². The Morgan fingerprint density at radius 1 is 1.32 bits per heavy atom. The molecule has 0 atom stereocenters. The Morgan fingerprint density at radius 2 is 2.12 bits per heavy atom. The van der Waals surface area contributed by atoms with Gasteiger partial charge in [0.25, 0.3) is 0 Å². The molecule has 0 amide bonds. The molecule has 0 spiro atoms. The Hall–Kier alpha value is -3.45. The lowest BCUT2D eigenvalue weighted by Crippen LogP contribution is -2.10. The van der Waals surface area contributed by atoms with Crippen LogP contribution in [-0.2, 0) is 5.75 Å². The van der Waals surface area contributed by atoms with E-state index in [1.807, 2.05) is 6.07 Å². The summed E-state index contributed by atoms with van der Waals surface area (Å²) >= 11 is 1.16. The lowest BCUT2D eigenvalue weighted by molar-refractivity contribution is 0.0697. The fourth-order valence-corrected chi connectivity index (χ4v) is 3.12. The van der Waals surface area contributed by atoms with Crippen molar-refractivity contribution in [2.24, 2.45) is 0 Å². The zero-order valence-corrected chi connectivity index (χ0v) is 13.4. The van der Waals surface area contributed by atoms with Gasteiger partial charge in [0, 0.05) is 11.6 Å². The van der Waals surface area contributed by atoms with Crippen LogP contribution >= 0.6 is 11.8 Å². The fraction of sp³-hybridized carbons (Fsp3) is 0.0667. The minimum atomic E-state index is -1.14. The van der Waals surface area contributed by atoms with Crippen molar-refractivity contribution < 1.29 is 9.90 Å². The standard InChI is InChI=1S/C15H10N6O3S/c16-6-11-10(8-3-1-2-4-9(8)15(23)24)5-13(22)17-14(11)25-7-12-18-20-21-19-12/h1-5H,7H2,(H,17,22)(H,23,24)(H,18,19,20,21). The Morgan fingerprint density at radius 3 is 2.80 bits per heavy atom. The van der Waals surface area contributed by atoms with Gasteiger partial charge in [-0.3, -0.25) is 4.79 Å². The Labute approximate surface area is 144 Å². The van der Waals surface area contributed by atoms with Gasteiger partial charge in [-0.05, 0) is 11.6 Å². The highest BCUT2D eigenvalue weighted by Gasteiger charge is 2.18. The summed E-state index contributed by atoms with van der Waals surface area (Å²) in [6.07, 6.45) is 0. The molecule has 2 heterocycles. The molecule has 3 rings (SSSR count). The highest BCUT2D eigenvalue weighted by atomic mass is 32.2. The first-order valence-corrected chi connectivity index (χ1v) is 7.94. The maximum atomic E-state index is 12.0. The van der Waals surface area contributed by atoms with E-state index in [1.54, 1.807) is 18.2 Å². The molecule has 0 bridgehead atoms. The van der Waals surface area contributed by atoms with Gasteiger partial charge in [0.1, 0.15) is 6.07 Å². The summed E-state index contributed by atoms with van der Waals surface area (Å²) in [5, 5.41) is 32.6. The van der Waals surface area contributed by atoms with E-state index in [0.717, 1.165) is 11.8 Å². The van der Waals surface area contributed by atoms with Gasteiger partial charge >= 0.3 is 5.97 Å². The summed E-state index contributed by atoms with van der Waals surface area (Å²) in [7, 11) is 0. The number of nitriles is 1. The van der Waals surface area contributed by atoms with E-state index in [9.17, 15) is 20.0 Å². The molecular formula is C15H10N6O3S. The van der Waals surface area contributed by atoms with E-state index in [4.69, 9.17) is 0 Å². The lowest BCUT2D eigenvalue weighted by atomic mass is 9.97. The first-order chi connectivity index (χ1) is 12.1. The van der Waals surface area contributed by atoms with E-state index >= 15 is 0 Å². The number of carboxylic acid groups (broad SMARTS) is 1. The van der Waals surface area contributed by atoms with E-state index in [1.165, 1.54) is 12.1 Å². The van der Waals surface area contributed by atoms with Gasteiger partial charge in [0.05, 0.1) is 21.9 Å². The summed E-state index contributed by atoms with van der Waals surface area (Å²) in [4.78, 5) is 26.1. The third kappa shape index (κ3) is 3.41. The van der Waals surface area contributed by atoms with Crippen LogP contribution in [0, 0.1) is 11.3 Å². The van der Waals surface area contributed by atoms with Crippen LogP contribution in [-0.4, -0.2) is 36.7 Å². The lowest BCUT2D eigenvalue weighted by Gasteiger charge is -2.10. The molecule has 9 nitrogen and oxygen atoms in total. The van der Waals surface area contributed by atoms with E-state index in [0.29, 0.717) is 16.4 Å². The summed E-state index contributed by atoms with van der Waals surface area (Å²) in [5.74, 6) is -0.447. The second-order valence-electron chi connectivity index (χ2n) is 4.83. The van der Waals surface area contributed by atoms with E-state index in [2.05, 4.69) is 25.6 Å². The van der Waals surface area contributed by atoms with Crippen LogP contribution in [0.3, 0.4) is 0 Å². The highest BCUT2D eigenvalue weighted by molar-refractivity contribution is 7.98. The third-order valence-electron chi connectivity index (χ3n) is 3.30. The predicted octanol–water partition coefficient (Wildman–Crippen LogP) is 1.42. The zero-order chi connectivity index (χ0) is 17.8. The van der Waals surface area contributed by atoms with Crippen molar-refractivity contribution in [3.63, 3.8) is 0 Å². The largest absolute Gasteiger partial charge is 0.478 e. The van der Waals surface area contributed by atoms with Gasteiger partial charge in [0.15, 0.2) is 5.82 Å². The average molecular weight is 354 g/mol. The summed E-state index contributed by atoms with van der Waals surface area (Å²) in [6.45, 7) is 0. The Kier molecular flexibility index (Phi) is 4.58. The number of H-pyrrole nitrogens is 2. The van der Waals surface area contributed by atoms with Crippen molar-refractivity contribution in [3.05, 3.63) is 57.6 Å². The minimum Gasteiger partial charge on any atom is -0.478 e. The van der Waals surface area contributed by atoms with Gasteiger partial charge in [-0.2, -0.15) is 10.5 Å². The second kappa shape index (κ2) is 6.98. The van der Waals surface area contributed by atoms with Crippen molar-refractivity contribution >= 4 is 17.7 Å². The first-order valence-electron chi connectivity index (χ1n) is 6.95. The minimum absolute atomic E-state index is 0.0127. The Balaban J connectivity index is 2.10. The monoisotopic (exact) mass is 354 g/mol. The van der Waals surface area contributed by atoms with Crippen LogP contribution in [0.4, 0.5) is 0 Å². The maximum absolute atomic E-state index is 12.0. The van der Waals surface area contributed by atoms with E-state index in [-0.39, 0.29) is 22.4 Å². The number of aromatic amines is 2. The molecule has 124 valence electrons. The molecule has 0 aliphatic carbocycles. The molecule has 0 aliphatic heterocycles. The molecule has 1 aromatic carbocycles. The number of aromatic nitrogens is 5. The quantitative estimate of drug-likeness (QED) is 0.582. The van der Waals surface area contributed by atoms with Crippen LogP contribution in [0.1, 0.15) is 21.7 Å². The van der Waals surface area contributed by atoms with Gasteiger partial charge < -0.3 is 10.1 Å². The molecule has 0 radical (unpaired) electrons. The summed E-state index contributed by atoms with van der Waals surface area (Å²) in [5.41, 5.74) is 0.323. The van der Waals surface area contributed by atoms with Gasteiger partial charge in [-0.1, -0.05) is 35.2 Å². The van der Waals surface area contributed by atoms with Crippen molar-refractivity contribution in [1.82, 2.24) is 25.6 Å². The number of carbonyl (C=O) groups is 1. The maximum Gasteiger partial charge on any atom is 0.336 e. The van der Waals surface area contributed by atoms with Crippen molar-refractivity contribution in [1.29, 1.82) is 5.26 Å². The molecule has 0 saturated heterocycles. The highest BCUT2D eigenvalue weighted by Crippen LogP contribution is 2.31. The molecular weight excluding hydrogens is 344 g/mol. The predicted molar refractivity (Wildman–Crippen MR) is 87.9 cm³/mol. The molecule has 3 N–H and O–H groups in total. The van der Waals surface area contributed by atoms with Crippen LogP contribution in [0.5, 0.6) is 0 Å². The first kappa shape index (κ1) is 16.4. The normalized spacial score (nSPS) is 10.4. The van der Waals surface area contributed by atoms with Crippen LogP contribution in [0.15, 0.2) is 40.2 Å².